The first-order chi connectivity index (χ1) is 9.45. The smallest absolute Gasteiger partial charge is 0.224 e. The van der Waals surface area contributed by atoms with E-state index in [4.69, 9.17) is 0 Å². The number of carbonyl (C=O) groups excluding carboxylic acids is 1. The lowest BCUT2D eigenvalue weighted by Gasteiger charge is -2.27. The van der Waals surface area contributed by atoms with Gasteiger partial charge in [0.2, 0.25) is 5.91 Å². The van der Waals surface area contributed by atoms with E-state index >= 15 is 0 Å². The summed E-state index contributed by atoms with van der Waals surface area (Å²) in [7, 11) is 0. The lowest BCUT2D eigenvalue weighted by molar-refractivity contribution is -0.121. The molecule has 0 bridgehead atoms. The van der Waals surface area contributed by atoms with Gasteiger partial charge in [-0.1, -0.05) is 24.6 Å². The molecule has 1 N–H and O–H groups in total. The van der Waals surface area contributed by atoms with Gasteiger partial charge in [0.25, 0.3) is 0 Å². The Hall–Kier alpha value is -1.31. The van der Waals surface area contributed by atoms with E-state index in [0.29, 0.717) is 12.5 Å². The van der Waals surface area contributed by atoms with Gasteiger partial charge in [-0.25, -0.2) is 0 Å². The average molecular weight is 273 g/mol. The summed E-state index contributed by atoms with van der Waals surface area (Å²) in [5.74, 6) is 1.00. The van der Waals surface area contributed by atoms with Crippen LogP contribution in [0.25, 0.3) is 0 Å². The van der Waals surface area contributed by atoms with Crippen molar-refractivity contribution in [1.29, 1.82) is 0 Å². The number of hydrogen-bond acceptors (Lipinski definition) is 1. The molecular weight excluding hydrogens is 246 g/mol. The van der Waals surface area contributed by atoms with Crippen LogP contribution in [0.5, 0.6) is 0 Å². The second-order valence-corrected chi connectivity index (χ2v) is 6.58. The molecule has 0 heterocycles. The number of amides is 1. The number of aryl methyl sites for hydroxylation is 3. The Morgan fingerprint density at radius 1 is 1.10 bits per heavy atom. The van der Waals surface area contributed by atoms with Crippen molar-refractivity contribution < 1.29 is 4.79 Å². The molecule has 0 atom stereocenters. The third-order valence-corrected chi connectivity index (χ3v) is 4.56. The summed E-state index contributed by atoms with van der Waals surface area (Å²) in [6.07, 6.45) is 5.28. The second-order valence-electron chi connectivity index (χ2n) is 6.58. The van der Waals surface area contributed by atoms with Crippen LogP contribution < -0.4 is 5.32 Å². The average Bonchev–Trinajstić information content (AvgIpc) is 2.36. The molecule has 1 amide bonds. The maximum Gasteiger partial charge on any atom is 0.224 e. The Bertz CT molecular complexity index is 461. The van der Waals surface area contributed by atoms with Gasteiger partial charge < -0.3 is 5.32 Å². The highest BCUT2D eigenvalue weighted by molar-refractivity contribution is 5.79. The van der Waals surface area contributed by atoms with Crippen molar-refractivity contribution in [3.8, 4) is 0 Å². The highest BCUT2D eigenvalue weighted by Crippen LogP contribution is 2.23. The summed E-state index contributed by atoms with van der Waals surface area (Å²) in [5, 5.41) is 3.22. The summed E-state index contributed by atoms with van der Waals surface area (Å²) in [4.78, 5) is 12.2. The highest BCUT2D eigenvalue weighted by Gasteiger charge is 2.20. The first-order valence-corrected chi connectivity index (χ1v) is 7.81. The minimum atomic E-state index is 0.180. The van der Waals surface area contributed by atoms with Gasteiger partial charge in [-0.3, -0.25) is 4.79 Å². The SMILES string of the molecule is Cc1cc(C)c(CC(=O)NC2CCC(C)CC2)c(C)c1. The monoisotopic (exact) mass is 273 g/mol. The van der Waals surface area contributed by atoms with Gasteiger partial charge in [-0.15, -0.1) is 0 Å². The quantitative estimate of drug-likeness (QED) is 0.890. The Kier molecular flexibility index (Phi) is 4.85. The van der Waals surface area contributed by atoms with E-state index in [1.54, 1.807) is 0 Å². The molecule has 1 aromatic rings. The number of rotatable bonds is 3. The molecule has 0 aliphatic heterocycles. The van der Waals surface area contributed by atoms with Crippen molar-refractivity contribution in [3.63, 3.8) is 0 Å². The molecule has 1 aromatic carbocycles. The molecule has 0 unspecified atom stereocenters. The zero-order chi connectivity index (χ0) is 14.7. The zero-order valence-electron chi connectivity index (χ0n) is 13.3. The molecule has 1 aliphatic carbocycles. The van der Waals surface area contributed by atoms with E-state index in [-0.39, 0.29) is 5.91 Å². The molecule has 0 saturated heterocycles. The predicted octanol–water partition coefficient (Wildman–Crippen LogP) is 3.85. The molecule has 2 rings (SSSR count). The fraction of sp³-hybridized carbons (Fsp3) is 0.611. The van der Waals surface area contributed by atoms with E-state index in [1.165, 1.54) is 35.1 Å². The van der Waals surface area contributed by atoms with Crippen molar-refractivity contribution >= 4 is 5.91 Å². The summed E-state index contributed by atoms with van der Waals surface area (Å²) in [5.41, 5.74) is 4.92. The van der Waals surface area contributed by atoms with Gasteiger partial charge in [0.15, 0.2) is 0 Å². The Balaban J connectivity index is 1.95. The van der Waals surface area contributed by atoms with Gasteiger partial charge >= 0.3 is 0 Å². The van der Waals surface area contributed by atoms with Gasteiger partial charge in [0.1, 0.15) is 0 Å². The molecule has 1 saturated carbocycles. The summed E-state index contributed by atoms with van der Waals surface area (Å²) in [6.45, 7) is 8.61. The first-order valence-electron chi connectivity index (χ1n) is 7.81. The summed E-state index contributed by atoms with van der Waals surface area (Å²) in [6, 6.07) is 4.72. The van der Waals surface area contributed by atoms with E-state index in [2.05, 4.69) is 45.1 Å². The van der Waals surface area contributed by atoms with Crippen LogP contribution in [0, 0.1) is 26.7 Å². The van der Waals surface area contributed by atoms with Crippen LogP contribution in [0.2, 0.25) is 0 Å². The van der Waals surface area contributed by atoms with E-state index in [0.717, 1.165) is 18.8 Å². The lowest BCUT2D eigenvalue weighted by Crippen LogP contribution is -2.38. The van der Waals surface area contributed by atoms with Crippen molar-refractivity contribution in [3.05, 3.63) is 34.4 Å². The maximum atomic E-state index is 12.2. The van der Waals surface area contributed by atoms with Gasteiger partial charge in [0, 0.05) is 6.04 Å². The lowest BCUT2D eigenvalue weighted by atomic mass is 9.87. The van der Waals surface area contributed by atoms with Crippen LogP contribution in [0.15, 0.2) is 12.1 Å². The Morgan fingerprint density at radius 2 is 1.65 bits per heavy atom. The van der Waals surface area contributed by atoms with E-state index in [9.17, 15) is 4.79 Å². The second kappa shape index (κ2) is 6.43. The third kappa shape index (κ3) is 3.84. The molecule has 0 radical (unpaired) electrons. The van der Waals surface area contributed by atoms with E-state index < -0.39 is 0 Å². The number of benzene rings is 1. The van der Waals surface area contributed by atoms with E-state index in [1.807, 2.05) is 0 Å². The third-order valence-electron chi connectivity index (χ3n) is 4.56. The van der Waals surface area contributed by atoms with Crippen molar-refractivity contribution in [2.24, 2.45) is 5.92 Å². The Morgan fingerprint density at radius 3 is 2.20 bits per heavy atom. The minimum Gasteiger partial charge on any atom is -0.353 e. The number of carbonyl (C=O) groups is 1. The molecule has 1 fully saturated rings. The van der Waals surface area contributed by atoms with Gasteiger partial charge in [-0.05, 0) is 69.1 Å². The fourth-order valence-corrected chi connectivity index (χ4v) is 3.33. The van der Waals surface area contributed by atoms with Gasteiger partial charge in [0.05, 0.1) is 6.42 Å². The van der Waals surface area contributed by atoms with Crippen LogP contribution in [0.4, 0.5) is 0 Å². The van der Waals surface area contributed by atoms with Crippen LogP contribution >= 0.6 is 0 Å². The Labute approximate surface area is 123 Å². The van der Waals surface area contributed by atoms with Crippen molar-refractivity contribution in [2.75, 3.05) is 0 Å². The van der Waals surface area contributed by atoms with Crippen molar-refractivity contribution in [2.45, 2.75) is 65.8 Å². The zero-order valence-corrected chi connectivity index (χ0v) is 13.3. The maximum absolute atomic E-state index is 12.2. The fourth-order valence-electron chi connectivity index (χ4n) is 3.33. The first kappa shape index (κ1) is 15.1. The number of nitrogens with one attached hydrogen (secondary N) is 1. The molecule has 1 aliphatic rings. The topological polar surface area (TPSA) is 29.1 Å². The van der Waals surface area contributed by atoms with Gasteiger partial charge in [-0.2, -0.15) is 0 Å². The molecule has 0 aromatic heterocycles. The predicted molar refractivity (Wildman–Crippen MR) is 83.9 cm³/mol. The number of hydrogen-bond donors (Lipinski definition) is 1. The minimum absolute atomic E-state index is 0.180. The molecule has 2 heteroatoms. The van der Waals surface area contributed by atoms with Crippen LogP contribution in [-0.2, 0) is 11.2 Å². The summed E-state index contributed by atoms with van der Waals surface area (Å²) >= 11 is 0. The highest BCUT2D eigenvalue weighted by atomic mass is 16.1. The summed E-state index contributed by atoms with van der Waals surface area (Å²) < 4.78 is 0. The van der Waals surface area contributed by atoms with Crippen LogP contribution in [0.3, 0.4) is 0 Å². The van der Waals surface area contributed by atoms with Crippen LogP contribution in [0.1, 0.15) is 54.9 Å². The van der Waals surface area contributed by atoms with Crippen molar-refractivity contribution in [1.82, 2.24) is 5.32 Å². The molecule has 110 valence electrons. The largest absolute Gasteiger partial charge is 0.353 e. The molecule has 0 spiro atoms. The molecular formula is C18H27NO. The normalized spacial score (nSPS) is 22.6. The standard InChI is InChI=1S/C18H27NO/c1-12-5-7-16(8-6-12)19-18(20)11-17-14(3)9-13(2)10-15(17)4/h9-10,12,16H,5-8,11H2,1-4H3,(H,19,20). The molecule has 20 heavy (non-hydrogen) atoms. The molecule has 2 nitrogen and oxygen atoms in total. The van der Waals surface area contributed by atoms with Crippen LogP contribution in [-0.4, -0.2) is 11.9 Å².